The molecule has 86 valence electrons. The Morgan fingerprint density at radius 3 is 2.14 bits per heavy atom. The highest BCUT2D eigenvalue weighted by Gasteiger charge is 2.08. The van der Waals surface area contributed by atoms with Gasteiger partial charge in [-0.15, -0.1) is 0 Å². The van der Waals surface area contributed by atoms with E-state index in [1.54, 1.807) is 6.92 Å². The molecule has 0 aromatic rings. The van der Waals surface area contributed by atoms with E-state index in [1.807, 2.05) is 6.92 Å². The van der Waals surface area contributed by atoms with Crippen LogP contribution in [0.15, 0.2) is 0 Å². The molecule has 0 saturated heterocycles. The normalized spacial score (nSPS) is 11.4. The molecule has 1 unspecified atom stereocenters. The standard InChI is InChI=1S/C9H18O2.C2H6S/c1-3-4-5-6-7-8(2)9(10)11;1-2-3/h8H,3-7H2,1-2H3,(H,10,11);3H,2H2,1H3. The maximum atomic E-state index is 10.4. The lowest BCUT2D eigenvalue weighted by Crippen LogP contribution is -2.08. The highest BCUT2D eigenvalue weighted by atomic mass is 32.1. The molecular weight excluding hydrogens is 196 g/mol. The number of thiol groups is 1. The molecule has 0 aliphatic rings. The fourth-order valence-electron chi connectivity index (χ4n) is 1.00. The Hall–Kier alpha value is -0.180. The van der Waals surface area contributed by atoms with E-state index in [4.69, 9.17) is 5.11 Å². The maximum absolute atomic E-state index is 10.4. The van der Waals surface area contributed by atoms with Crippen LogP contribution < -0.4 is 0 Å². The summed E-state index contributed by atoms with van der Waals surface area (Å²) in [5.74, 6) is 0.119. The summed E-state index contributed by atoms with van der Waals surface area (Å²) >= 11 is 3.79. The molecular formula is C11H24O2S. The number of carboxylic acids is 1. The molecule has 14 heavy (non-hydrogen) atoms. The van der Waals surface area contributed by atoms with E-state index in [1.165, 1.54) is 19.3 Å². The van der Waals surface area contributed by atoms with Crippen LogP contribution in [0.3, 0.4) is 0 Å². The highest BCUT2D eigenvalue weighted by Crippen LogP contribution is 2.09. The molecule has 0 spiro atoms. The van der Waals surface area contributed by atoms with Crippen LogP contribution in [0.1, 0.15) is 52.9 Å². The van der Waals surface area contributed by atoms with Crippen molar-refractivity contribution >= 4 is 18.6 Å². The fourth-order valence-corrected chi connectivity index (χ4v) is 1.00. The Labute approximate surface area is 93.5 Å². The van der Waals surface area contributed by atoms with E-state index in [0.29, 0.717) is 0 Å². The average Bonchev–Trinajstić information content (AvgIpc) is 2.13. The van der Waals surface area contributed by atoms with Crippen molar-refractivity contribution in [2.75, 3.05) is 5.75 Å². The van der Waals surface area contributed by atoms with E-state index in [9.17, 15) is 4.79 Å². The molecule has 0 radical (unpaired) electrons. The van der Waals surface area contributed by atoms with E-state index < -0.39 is 5.97 Å². The Balaban J connectivity index is 0. The van der Waals surface area contributed by atoms with Gasteiger partial charge in [-0.2, -0.15) is 12.6 Å². The first-order chi connectivity index (χ1) is 6.59. The largest absolute Gasteiger partial charge is 0.481 e. The van der Waals surface area contributed by atoms with Gasteiger partial charge in [0, 0.05) is 0 Å². The minimum absolute atomic E-state index is 0.160. The molecule has 1 N–H and O–H groups in total. The quantitative estimate of drug-likeness (QED) is 0.530. The third kappa shape index (κ3) is 14.3. The first kappa shape index (κ1) is 16.3. The van der Waals surface area contributed by atoms with Crippen molar-refractivity contribution in [1.29, 1.82) is 0 Å². The summed E-state index contributed by atoms with van der Waals surface area (Å²) in [6, 6.07) is 0. The summed E-state index contributed by atoms with van der Waals surface area (Å²) in [7, 11) is 0. The molecule has 0 aliphatic heterocycles. The summed E-state index contributed by atoms with van der Waals surface area (Å²) in [6.45, 7) is 5.91. The smallest absolute Gasteiger partial charge is 0.306 e. The number of hydrogen-bond donors (Lipinski definition) is 2. The van der Waals surface area contributed by atoms with Crippen LogP contribution in [-0.4, -0.2) is 16.8 Å². The molecule has 0 aromatic heterocycles. The number of aliphatic carboxylic acids is 1. The van der Waals surface area contributed by atoms with Gasteiger partial charge in [0.2, 0.25) is 0 Å². The van der Waals surface area contributed by atoms with E-state index in [-0.39, 0.29) is 5.92 Å². The third-order valence-electron chi connectivity index (χ3n) is 1.91. The number of rotatable bonds is 6. The van der Waals surface area contributed by atoms with Gasteiger partial charge >= 0.3 is 5.97 Å². The van der Waals surface area contributed by atoms with Crippen LogP contribution in [0.4, 0.5) is 0 Å². The SMILES string of the molecule is CCCCCCC(C)C(=O)O.CCS. The van der Waals surface area contributed by atoms with Crippen molar-refractivity contribution in [2.45, 2.75) is 52.9 Å². The summed E-state index contributed by atoms with van der Waals surface area (Å²) in [5, 5.41) is 8.54. The minimum atomic E-state index is -0.665. The summed E-state index contributed by atoms with van der Waals surface area (Å²) < 4.78 is 0. The predicted molar refractivity (Wildman–Crippen MR) is 65.1 cm³/mol. The zero-order valence-electron chi connectivity index (χ0n) is 9.62. The van der Waals surface area contributed by atoms with Gasteiger partial charge in [0.15, 0.2) is 0 Å². The number of unbranched alkanes of at least 4 members (excludes halogenated alkanes) is 3. The van der Waals surface area contributed by atoms with Gasteiger partial charge in [-0.25, -0.2) is 0 Å². The molecule has 0 rings (SSSR count). The molecule has 0 saturated carbocycles. The highest BCUT2D eigenvalue weighted by molar-refractivity contribution is 7.80. The second kappa shape index (κ2) is 12.8. The van der Waals surface area contributed by atoms with Crippen LogP contribution >= 0.6 is 12.6 Å². The van der Waals surface area contributed by atoms with Gasteiger partial charge < -0.3 is 5.11 Å². The predicted octanol–water partition coefficient (Wildman–Crippen LogP) is 3.61. The summed E-state index contributed by atoms with van der Waals surface area (Å²) in [5.41, 5.74) is 0. The van der Waals surface area contributed by atoms with Crippen molar-refractivity contribution in [1.82, 2.24) is 0 Å². The van der Waals surface area contributed by atoms with Crippen molar-refractivity contribution in [3.05, 3.63) is 0 Å². The second-order valence-electron chi connectivity index (χ2n) is 3.40. The molecule has 0 amide bonds. The zero-order valence-corrected chi connectivity index (χ0v) is 10.5. The zero-order chi connectivity index (χ0) is 11.4. The van der Waals surface area contributed by atoms with Gasteiger partial charge in [0.05, 0.1) is 5.92 Å². The fraction of sp³-hybridized carbons (Fsp3) is 0.909. The summed E-state index contributed by atoms with van der Waals surface area (Å²) in [4.78, 5) is 10.4. The third-order valence-corrected chi connectivity index (χ3v) is 1.91. The second-order valence-corrected chi connectivity index (χ2v) is 4.04. The molecule has 3 heteroatoms. The topological polar surface area (TPSA) is 37.3 Å². The monoisotopic (exact) mass is 220 g/mol. The van der Waals surface area contributed by atoms with Gasteiger partial charge in [0.25, 0.3) is 0 Å². The number of carbonyl (C=O) groups is 1. The Kier molecular flexibility index (Phi) is 14.9. The lowest BCUT2D eigenvalue weighted by atomic mass is 10.0. The van der Waals surface area contributed by atoms with Crippen molar-refractivity contribution in [3.8, 4) is 0 Å². The minimum Gasteiger partial charge on any atom is -0.481 e. The molecule has 0 bridgehead atoms. The first-order valence-electron chi connectivity index (χ1n) is 5.43. The summed E-state index contributed by atoms with van der Waals surface area (Å²) in [6.07, 6.45) is 5.50. The van der Waals surface area contributed by atoms with Gasteiger partial charge in [-0.05, 0) is 12.2 Å². The van der Waals surface area contributed by atoms with Crippen LogP contribution in [0.5, 0.6) is 0 Å². The Morgan fingerprint density at radius 2 is 1.79 bits per heavy atom. The first-order valence-corrected chi connectivity index (χ1v) is 6.06. The van der Waals surface area contributed by atoms with E-state index in [0.717, 1.165) is 18.6 Å². The van der Waals surface area contributed by atoms with E-state index >= 15 is 0 Å². The average molecular weight is 220 g/mol. The van der Waals surface area contributed by atoms with Gasteiger partial charge in [0.1, 0.15) is 0 Å². The van der Waals surface area contributed by atoms with Crippen molar-refractivity contribution < 1.29 is 9.90 Å². The van der Waals surface area contributed by atoms with Gasteiger partial charge in [-0.3, -0.25) is 4.79 Å². The molecule has 0 aliphatic carbocycles. The number of hydrogen-bond acceptors (Lipinski definition) is 2. The molecule has 0 fully saturated rings. The molecule has 1 atom stereocenters. The maximum Gasteiger partial charge on any atom is 0.306 e. The molecule has 0 heterocycles. The molecule has 2 nitrogen and oxygen atoms in total. The van der Waals surface area contributed by atoms with Crippen LogP contribution in [0.2, 0.25) is 0 Å². The van der Waals surface area contributed by atoms with Crippen molar-refractivity contribution in [2.24, 2.45) is 5.92 Å². The van der Waals surface area contributed by atoms with E-state index in [2.05, 4.69) is 19.6 Å². The van der Waals surface area contributed by atoms with Crippen LogP contribution in [0.25, 0.3) is 0 Å². The lowest BCUT2D eigenvalue weighted by Gasteiger charge is -2.04. The number of carboxylic acid groups (broad SMARTS) is 1. The Morgan fingerprint density at radius 1 is 1.29 bits per heavy atom. The van der Waals surface area contributed by atoms with Gasteiger partial charge in [-0.1, -0.05) is 46.5 Å². The lowest BCUT2D eigenvalue weighted by molar-refractivity contribution is -0.141. The molecule has 0 aromatic carbocycles. The Bertz CT molecular complexity index is 126. The van der Waals surface area contributed by atoms with Crippen LogP contribution in [0, 0.1) is 5.92 Å². The van der Waals surface area contributed by atoms with Crippen LogP contribution in [-0.2, 0) is 4.79 Å². The van der Waals surface area contributed by atoms with Crippen molar-refractivity contribution in [3.63, 3.8) is 0 Å².